The Kier molecular flexibility index (Phi) is 4.58. The Hall–Kier alpha value is -0.570. The van der Waals surface area contributed by atoms with Gasteiger partial charge in [0.1, 0.15) is 0 Å². The Balaban J connectivity index is 2.54. The van der Waals surface area contributed by atoms with Crippen molar-refractivity contribution in [3.05, 3.63) is 0 Å². The molecule has 15 heavy (non-hydrogen) atoms. The summed E-state index contributed by atoms with van der Waals surface area (Å²) in [6, 6.07) is 0. The molecule has 3 heteroatoms. The van der Waals surface area contributed by atoms with E-state index in [1.165, 1.54) is 12.8 Å². The van der Waals surface area contributed by atoms with Crippen LogP contribution in [0.1, 0.15) is 52.4 Å². The van der Waals surface area contributed by atoms with Gasteiger partial charge in [-0.25, -0.2) is 0 Å². The van der Waals surface area contributed by atoms with Crippen molar-refractivity contribution in [2.45, 2.75) is 57.9 Å². The molecule has 0 aliphatic heterocycles. The van der Waals surface area contributed by atoms with Crippen LogP contribution in [0.25, 0.3) is 0 Å². The lowest BCUT2D eigenvalue weighted by molar-refractivity contribution is -0.127. The first-order valence-corrected chi connectivity index (χ1v) is 6.19. The lowest BCUT2D eigenvalue weighted by Gasteiger charge is -2.30. The van der Waals surface area contributed by atoms with Gasteiger partial charge in [0, 0.05) is 12.5 Å². The van der Waals surface area contributed by atoms with Crippen molar-refractivity contribution >= 4 is 5.91 Å². The second-order valence-electron chi connectivity index (χ2n) is 4.69. The molecule has 3 nitrogen and oxygen atoms in total. The molecule has 0 unspecified atom stereocenters. The van der Waals surface area contributed by atoms with Crippen molar-refractivity contribution in [2.75, 3.05) is 6.54 Å². The molecule has 1 amide bonds. The molecule has 0 aromatic rings. The normalized spacial score (nSPS) is 19.5. The van der Waals surface area contributed by atoms with Gasteiger partial charge in [-0.3, -0.25) is 4.79 Å². The summed E-state index contributed by atoms with van der Waals surface area (Å²) in [7, 11) is 0. The van der Waals surface area contributed by atoms with Crippen LogP contribution in [0, 0.1) is 5.92 Å². The topological polar surface area (TPSA) is 55.1 Å². The van der Waals surface area contributed by atoms with Crippen LogP contribution in [0.3, 0.4) is 0 Å². The van der Waals surface area contributed by atoms with Gasteiger partial charge in [0.05, 0.1) is 5.54 Å². The molecule has 0 aromatic carbocycles. The maximum absolute atomic E-state index is 12.0. The van der Waals surface area contributed by atoms with E-state index in [0.29, 0.717) is 6.54 Å². The van der Waals surface area contributed by atoms with Crippen LogP contribution in [0.5, 0.6) is 0 Å². The first-order chi connectivity index (χ1) is 7.17. The standard InChI is InChI=1S/C12H24N2O/c1-3-10(4-2)11(15)14-12(9-13)7-5-6-8-12/h10H,3-9,13H2,1-2H3,(H,14,15). The third-order valence-corrected chi connectivity index (χ3v) is 3.70. The smallest absolute Gasteiger partial charge is 0.223 e. The Bertz CT molecular complexity index is 206. The van der Waals surface area contributed by atoms with Crippen molar-refractivity contribution in [3.63, 3.8) is 0 Å². The summed E-state index contributed by atoms with van der Waals surface area (Å²) in [5, 5.41) is 3.18. The number of hydrogen-bond donors (Lipinski definition) is 2. The molecule has 3 N–H and O–H groups in total. The van der Waals surface area contributed by atoms with E-state index in [0.717, 1.165) is 25.7 Å². The third-order valence-electron chi connectivity index (χ3n) is 3.70. The maximum Gasteiger partial charge on any atom is 0.223 e. The van der Waals surface area contributed by atoms with E-state index in [1.54, 1.807) is 0 Å². The molecular weight excluding hydrogens is 188 g/mol. The zero-order valence-corrected chi connectivity index (χ0v) is 10.0. The number of hydrogen-bond acceptors (Lipinski definition) is 2. The SMILES string of the molecule is CCC(CC)C(=O)NC1(CN)CCCC1. The molecule has 0 bridgehead atoms. The second-order valence-corrected chi connectivity index (χ2v) is 4.69. The molecule has 0 aromatic heterocycles. The van der Waals surface area contributed by atoms with Crippen molar-refractivity contribution < 1.29 is 4.79 Å². The van der Waals surface area contributed by atoms with E-state index in [1.807, 2.05) is 0 Å². The van der Waals surface area contributed by atoms with Gasteiger partial charge in [-0.15, -0.1) is 0 Å². The number of rotatable bonds is 5. The molecule has 0 atom stereocenters. The van der Waals surface area contributed by atoms with Crippen LogP contribution in [-0.2, 0) is 4.79 Å². The van der Waals surface area contributed by atoms with Crippen molar-refractivity contribution in [3.8, 4) is 0 Å². The fourth-order valence-corrected chi connectivity index (χ4v) is 2.45. The van der Waals surface area contributed by atoms with E-state index < -0.39 is 0 Å². The molecule has 0 spiro atoms. The summed E-state index contributed by atoms with van der Waals surface area (Å²) in [6.45, 7) is 4.72. The predicted molar refractivity (Wildman–Crippen MR) is 62.5 cm³/mol. The highest BCUT2D eigenvalue weighted by atomic mass is 16.2. The minimum absolute atomic E-state index is 0.0837. The summed E-state index contributed by atoms with van der Waals surface area (Å²) in [5.74, 6) is 0.362. The van der Waals surface area contributed by atoms with Gasteiger partial charge in [-0.2, -0.15) is 0 Å². The summed E-state index contributed by atoms with van der Waals surface area (Å²) < 4.78 is 0. The van der Waals surface area contributed by atoms with Crippen LogP contribution in [0.2, 0.25) is 0 Å². The number of nitrogens with one attached hydrogen (secondary N) is 1. The predicted octanol–water partition coefficient (Wildman–Crippen LogP) is 1.81. The van der Waals surface area contributed by atoms with E-state index >= 15 is 0 Å². The number of carbonyl (C=O) groups is 1. The van der Waals surface area contributed by atoms with Gasteiger partial charge >= 0.3 is 0 Å². The fourth-order valence-electron chi connectivity index (χ4n) is 2.45. The molecule has 0 heterocycles. The van der Waals surface area contributed by atoms with Gasteiger partial charge in [-0.1, -0.05) is 26.7 Å². The minimum atomic E-state index is -0.0837. The molecule has 1 fully saturated rings. The highest BCUT2D eigenvalue weighted by molar-refractivity contribution is 5.79. The average molecular weight is 212 g/mol. The number of amides is 1. The van der Waals surface area contributed by atoms with Crippen LogP contribution >= 0.6 is 0 Å². The highest BCUT2D eigenvalue weighted by Crippen LogP contribution is 2.29. The zero-order valence-electron chi connectivity index (χ0n) is 10.0. The molecule has 1 saturated carbocycles. The molecular formula is C12H24N2O. The zero-order chi connectivity index (χ0) is 11.3. The summed E-state index contributed by atoms with van der Waals surface area (Å²) >= 11 is 0. The van der Waals surface area contributed by atoms with Crippen molar-refractivity contribution in [1.82, 2.24) is 5.32 Å². The first kappa shape index (κ1) is 12.5. The van der Waals surface area contributed by atoms with Gasteiger partial charge in [0.15, 0.2) is 0 Å². The van der Waals surface area contributed by atoms with E-state index in [4.69, 9.17) is 5.73 Å². The minimum Gasteiger partial charge on any atom is -0.349 e. The maximum atomic E-state index is 12.0. The van der Waals surface area contributed by atoms with Gasteiger partial charge in [0.25, 0.3) is 0 Å². The number of carbonyl (C=O) groups excluding carboxylic acids is 1. The quantitative estimate of drug-likeness (QED) is 0.730. The van der Waals surface area contributed by atoms with Gasteiger partial charge in [0.2, 0.25) is 5.91 Å². The molecule has 1 rings (SSSR count). The van der Waals surface area contributed by atoms with Crippen molar-refractivity contribution in [2.24, 2.45) is 11.7 Å². The van der Waals surface area contributed by atoms with E-state index in [9.17, 15) is 4.79 Å². The van der Waals surface area contributed by atoms with Gasteiger partial charge < -0.3 is 11.1 Å². The Labute approximate surface area is 92.8 Å². The lowest BCUT2D eigenvalue weighted by atomic mass is 9.95. The Morgan fingerprint density at radius 2 is 1.87 bits per heavy atom. The average Bonchev–Trinajstić information content (AvgIpc) is 2.69. The van der Waals surface area contributed by atoms with E-state index in [-0.39, 0.29) is 17.4 Å². The van der Waals surface area contributed by atoms with Crippen LogP contribution in [-0.4, -0.2) is 18.0 Å². The van der Waals surface area contributed by atoms with Crippen LogP contribution in [0.4, 0.5) is 0 Å². The first-order valence-electron chi connectivity index (χ1n) is 6.19. The largest absolute Gasteiger partial charge is 0.349 e. The summed E-state index contributed by atoms with van der Waals surface area (Å²) in [4.78, 5) is 12.0. The number of nitrogens with two attached hydrogens (primary N) is 1. The molecule has 0 radical (unpaired) electrons. The fraction of sp³-hybridized carbons (Fsp3) is 0.917. The lowest BCUT2D eigenvalue weighted by Crippen LogP contribution is -2.53. The van der Waals surface area contributed by atoms with Crippen molar-refractivity contribution in [1.29, 1.82) is 0 Å². The van der Waals surface area contributed by atoms with Crippen LogP contribution in [0.15, 0.2) is 0 Å². The second kappa shape index (κ2) is 5.50. The van der Waals surface area contributed by atoms with Crippen LogP contribution < -0.4 is 11.1 Å². The molecule has 0 saturated heterocycles. The Morgan fingerprint density at radius 1 is 1.33 bits per heavy atom. The third kappa shape index (κ3) is 2.94. The molecule has 1 aliphatic carbocycles. The highest BCUT2D eigenvalue weighted by Gasteiger charge is 2.34. The van der Waals surface area contributed by atoms with E-state index in [2.05, 4.69) is 19.2 Å². The molecule has 88 valence electrons. The Morgan fingerprint density at radius 3 is 2.27 bits per heavy atom. The summed E-state index contributed by atoms with van der Waals surface area (Å²) in [6.07, 6.45) is 6.33. The monoisotopic (exact) mass is 212 g/mol. The van der Waals surface area contributed by atoms with Gasteiger partial charge in [-0.05, 0) is 25.7 Å². The summed E-state index contributed by atoms with van der Waals surface area (Å²) in [5.41, 5.74) is 5.70. The molecule has 1 aliphatic rings.